The summed E-state index contributed by atoms with van der Waals surface area (Å²) in [5.74, 6) is -1.37. The first-order valence-electron chi connectivity index (χ1n) is 7.16. The van der Waals surface area contributed by atoms with E-state index >= 15 is 0 Å². The van der Waals surface area contributed by atoms with Crippen LogP contribution >= 0.6 is 0 Å². The van der Waals surface area contributed by atoms with Crippen LogP contribution in [0.25, 0.3) is 0 Å². The second-order valence-corrected chi connectivity index (χ2v) is 5.22. The molecule has 1 aliphatic rings. The summed E-state index contributed by atoms with van der Waals surface area (Å²) in [5, 5.41) is 8.85. The Bertz CT molecular complexity index is 588. The van der Waals surface area contributed by atoms with Crippen molar-refractivity contribution >= 4 is 11.9 Å². The number of hydrogen-bond acceptors (Lipinski definition) is 4. The summed E-state index contributed by atoms with van der Waals surface area (Å²) < 4.78 is 47.7. The van der Waals surface area contributed by atoms with Crippen molar-refractivity contribution in [3.05, 3.63) is 29.8 Å². The molecule has 1 aromatic rings. The molecular formula is C15H16F3NO5. The maximum Gasteiger partial charge on any atom is 0.416 e. The van der Waals surface area contributed by atoms with E-state index in [0.717, 1.165) is 24.3 Å². The first-order valence-corrected chi connectivity index (χ1v) is 7.16. The van der Waals surface area contributed by atoms with Gasteiger partial charge in [-0.05, 0) is 24.3 Å². The highest BCUT2D eigenvalue weighted by atomic mass is 19.4. The second-order valence-electron chi connectivity index (χ2n) is 5.22. The normalized spacial score (nSPS) is 18.3. The molecule has 0 radical (unpaired) electrons. The highest BCUT2D eigenvalue weighted by Crippen LogP contribution is 2.30. The van der Waals surface area contributed by atoms with Crippen LogP contribution in [0, 0.1) is 0 Å². The third kappa shape index (κ3) is 4.85. The molecule has 1 atom stereocenters. The standard InChI is InChI=1S/C15H16F3NO5/c16-15(17,18)10-1-3-12(4-2-10)24-9-13(20)19-5-6-23-8-11(19)7-14(21)22/h1-4,11H,5-9H2,(H,21,22). The molecule has 0 aromatic heterocycles. The molecule has 2 rings (SSSR count). The number of carbonyl (C=O) groups is 2. The van der Waals surface area contributed by atoms with E-state index in [1.165, 1.54) is 4.90 Å². The van der Waals surface area contributed by atoms with Gasteiger partial charge in [-0.25, -0.2) is 0 Å². The Morgan fingerprint density at radius 3 is 2.54 bits per heavy atom. The van der Waals surface area contributed by atoms with Crippen LogP contribution in [0.5, 0.6) is 5.75 Å². The van der Waals surface area contributed by atoms with Gasteiger partial charge < -0.3 is 19.5 Å². The molecule has 1 saturated heterocycles. The number of aliphatic carboxylic acids is 1. The zero-order valence-electron chi connectivity index (χ0n) is 12.6. The molecule has 1 amide bonds. The minimum Gasteiger partial charge on any atom is -0.484 e. The monoisotopic (exact) mass is 347 g/mol. The van der Waals surface area contributed by atoms with Crippen LogP contribution in [-0.4, -0.2) is 54.3 Å². The van der Waals surface area contributed by atoms with Crippen molar-refractivity contribution in [3.63, 3.8) is 0 Å². The van der Waals surface area contributed by atoms with E-state index < -0.39 is 29.7 Å². The first kappa shape index (κ1) is 18.1. The quantitative estimate of drug-likeness (QED) is 0.879. The van der Waals surface area contributed by atoms with Gasteiger partial charge in [-0.2, -0.15) is 13.2 Å². The number of morpholine rings is 1. The number of hydrogen-bond donors (Lipinski definition) is 1. The van der Waals surface area contributed by atoms with Crippen LogP contribution in [0.4, 0.5) is 13.2 Å². The molecule has 24 heavy (non-hydrogen) atoms. The van der Waals surface area contributed by atoms with Crippen molar-refractivity contribution in [2.45, 2.75) is 18.6 Å². The third-order valence-electron chi connectivity index (χ3n) is 3.50. The van der Waals surface area contributed by atoms with E-state index in [-0.39, 0.29) is 31.9 Å². The predicted molar refractivity (Wildman–Crippen MR) is 75.5 cm³/mol. The molecular weight excluding hydrogens is 331 g/mol. The molecule has 1 fully saturated rings. The average molecular weight is 347 g/mol. The summed E-state index contributed by atoms with van der Waals surface area (Å²) in [7, 11) is 0. The van der Waals surface area contributed by atoms with Gasteiger partial charge in [0.2, 0.25) is 0 Å². The lowest BCUT2D eigenvalue weighted by molar-refractivity contribution is -0.147. The average Bonchev–Trinajstić information content (AvgIpc) is 2.52. The molecule has 132 valence electrons. The van der Waals surface area contributed by atoms with E-state index in [1.54, 1.807) is 0 Å². The fraction of sp³-hybridized carbons (Fsp3) is 0.467. The summed E-state index contributed by atoms with van der Waals surface area (Å²) in [5.41, 5.74) is -0.809. The van der Waals surface area contributed by atoms with E-state index in [9.17, 15) is 22.8 Å². The number of nitrogens with zero attached hydrogens (tertiary/aromatic N) is 1. The van der Waals surface area contributed by atoms with Crippen LogP contribution in [0.1, 0.15) is 12.0 Å². The molecule has 1 aliphatic heterocycles. The van der Waals surface area contributed by atoms with E-state index in [0.29, 0.717) is 6.61 Å². The molecule has 0 saturated carbocycles. The number of carboxylic acids is 1. The summed E-state index contributed by atoms with van der Waals surface area (Å²) in [4.78, 5) is 24.3. The molecule has 6 nitrogen and oxygen atoms in total. The van der Waals surface area contributed by atoms with Crippen molar-refractivity contribution in [2.75, 3.05) is 26.4 Å². The Hall–Kier alpha value is -2.29. The van der Waals surface area contributed by atoms with Crippen LogP contribution in [0.2, 0.25) is 0 Å². The minimum absolute atomic E-state index is 0.123. The molecule has 1 N–H and O–H groups in total. The molecule has 0 bridgehead atoms. The second kappa shape index (κ2) is 7.52. The number of benzene rings is 1. The fourth-order valence-corrected chi connectivity index (χ4v) is 2.32. The van der Waals surface area contributed by atoms with Crippen LogP contribution in [0.15, 0.2) is 24.3 Å². The van der Waals surface area contributed by atoms with Crippen LogP contribution in [-0.2, 0) is 20.5 Å². The van der Waals surface area contributed by atoms with Crippen LogP contribution in [0.3, 0.4) is 0 Å². The van der Waals surface area contributed by atoms with Crippen molar-refractivity contribution in [1.29, 1.82) is 0 Å². The lowest BCUT2D eigenvalue weighted by Gasteiger charge is -2.34. The van der Waals surface area contributed by atoms with Gasteiger partial charge >= 0.3 is 12.1 Å². The maximum absolute atomic E-state index is 12.5. The largest absolute Gasteiger partial charge is 0.484 e. The SMILES string of the molecule is O=C(O)CC1COCCN1C(=O)COc1ccc(C(F)(F)F)cc1. The Labute approximate surface area is 135 Å². The molecule has 9 heteroatoms. The van der Waals surface area contributed by atoms with Gasteiger partial charge in [0, 0.05) is 6.54 Å². The number of ether oxygens (including phenoxy) is 2. The Balaban J connectivity index is 1.92. The molecule has 0 spiro atoms. The number of halogens is 3. The van der Waals surface area contributed by atoms with Gasteiger partial charge in [0.15, 0.2) is 6.61 Å². The fourth-order valence-electron chi connectivity index (χ4n) is 2.32. The van der Waals surface area contributed by atoms with Gasteiger partial charge in [-0.3, -0.25) is 9.59 Å². The smallest absolute Gasteiger partial charge is 0.416 e. The molecule has 1 aromatic carbocycles. The summed E-state index contributed by atoms with van der Waals surface area (Å²) >= 11 is 0. The van der Waals surface area contributed by atoms with Crippen LogP contribution < -0.4 is 4.74 Å². The van der Waals surface area contributed by atoms with Gasteiger partial charge in [0.05, 0.1) is 31.2 Å². The zero-order chi connectivity index (χ0) is 17.7. The topological polar surface area (TPSA) is 76.1 Å². The number of carbonyl (C=O) groups excluding carboxylic acids is 1. The van der Waals surface area contributed by atoms with Crippen molar-refractivity contribution in [2.24, 2.45) is 0 Å². The Morgan fingerprint density at radius 1 is 1.29 bits per heavy atom. The Kier molecular flexibility index (Phi) is 5.66. The van der Waals surface area contributed by atoms with Gasteiger partial charge in [-0.1, -0.05) is 0 Å². The summed E-state index contributed by atoms with van der Waals surface area (Å²) in [6.45, 7) is 0.273. The third-order valence-corrected chi connectivity index (χ3v) is 3.50. The highest BCUT2D eigenvalue weighted by molar-refractivity contribution is 5.79. The van der Waals surface area contributed by atoms with Gasteiger partial charge in [0.25, 0.3) is 5.91 Å². The summed E-state index contributed by atoms with van der Waals surface area (Å²) in [6, 6.07) is 3.40. The van der Waals surface area contributed by atoms with E-state index in [4.69, 9.17) is 14.6 Å². The van der Waals surface area contributed by atoms with Crippen molar-refractivity contribution in [1.82, 2.24) is 4.90 Å². The Morgan fingerprint density at radius 2 is 1.96 bits per heavy atom. The predicted octanol–water partition coefficient (Wildman–Crippen LogP) is 1.79. The number of rotatable bonds is 5. The van der Waals surface area contributed by atoms with Crippen molar-refractivity contribution in [3.8, 4) is 5.75 Å². The molecule has 1 unspecified atom stereocenters. The number of amides is 1. The van der Waals surface area contributed by atoms with E-state index in [1.807, 2.05) is 0 Å². The first-order chi connectivity index (χ1) is 11.3. The molecule has 0 aliphatic carbocycles. The number of alkyl halides is 3. The van der Waals surface area contributed by atoms with Gasteiger partial charge in [-0.15, -0.1) is 0 Å². The minimum atomic E-state index is -4.44. The number of carboxylic acid groups (broad SMARTS) is 1. The highest BCUT2D eigenvalue weighted by Gasteiger charge is 2.31. The van der Waals surface area contributed by atoms with Gasteiger partial charge in [0.1, 0.15) is 5.75 Å². The summed E-state index contributed by atoms with van der Waals surface area (Å²) in [6.07, 6.45) is -4.68. The lowest BCUT2D eigenvalue weighted by atomic mass is 10.1. The van der Waals surface area contributed by atoms with Crippen molar-refractivity contribution < 1.29 is 37.3 Å². The zero-order valence-corrected chi connectivity index (χ0v) is 12.6. The lowest BCUT2D eigenvalue weighted by Crippen LogP contribution is -2.51. The molecule has 1 heterocycles. The van der Waals surface area contributed by atoms with E-state index in [2.05, 4.69) is 0 Å². The maximum atomic E-state index is 12.5.